The van der Waals surface area contributed by atoms with E-state index in [9.17, 15) is 0 Å². The maximum absolute atomic E-state index is 6.00. The van der Waals surface area contributed by atoms with Crippen molar-refractivity contribution < 1.29 is 4.52 Å². The van der Waals surface area contributed by atoms with E-state index in [0.29, 0.717) is 35.8 Å². The molecule has 3 rings (SSSR count). The summed E-state index contributed by atoms with van der Waals surface area (Å²) in [5, 5.41) is 11.0. The van der Waals surface area contributed by atoms with Crippen molar-refractivity contribution in [2.75, 3.05) is 6.54 Å². The lowest BCUT2D eigenvalue weighted by atomic mass is 10.2. The first kappa shape index (κ1) is 21.2. The highest BCUT2D eigenvalue weighted by atomic mass is 127. The summed E-state index contributed by atoms with van der Waals surface area (Å²) in [5.74, 6) is 1.68. The lowest BCUT2D eigenvalue weighted by molar-refractivity contribution is 0.375. The summed E-state index contributed by atoms with van der Waals surface area (Å²) in [4.78, 5) is 8.95. The Morgan fingerprint density at radius 2 is 1.93 bits per heavy atom. The minimum absolute atomic E-state index is 0. The second kappa shape index (κ2) is 10.9. The molecule has 142 valence electrons. The number of aromatic nitrogens is 2. The number of halogens is 2. The average molecular weight is 498 g/mol. The van der Waals surface area contributed by atoms with E-state index in [1.807, 2.05) is 49.4 Å². The van der Waals surface area contributed by atoms with Gasteiger partial charge >= 0.3 is 0 Å². The molecule has 0 aliphatic heterocycles. The van der Waals surface area contributed by atoms with Gasteiger partial charge in [-0.05, 0) is 24.6 Å². The van der Waals surface area contributed by atoms with E-state index in [-0.39, 0.29) is 24.0 Å². The van der Waals surface area contributed by atoms with Crippen LogP contribution < -0.4 is 10.6 Å². The molecule has 0 bridgehead atoms. The van der Waals surface area contributed by atoms with Crippen molar-refractivity contribution in [2.24, 2.45) is 4.99 Å². The molecule has 6 nitrogen and oxygen atoms in total. The Morgan fingerprint density at radius 1 is 1.11 bits per heavy atom. The van der Waals surface area contributed by atoms with Gasteiger partial charge in [0.2, 0.25) is 11.7 Å². The highest BCUT2D eigenvalue weighted by Gasteiger charge is 2.09. The van der Waals surface area contributed by atoms with Crippen LogP contribution in [-0.4, -0.2) is 22.6 Å². The first-order valence-electron chi connectivity index (χ1n) is 8.39. The van der Waals surface area contributed by atoms with Crippen molar-refractivity contribution in [3.8, 4) is 11.4 Å². The quantitative estimate of drug-likeness (QED) is 0.302. The molecule has 8 heteroatoms. The van der Waals surface area contributed by atoms with Gasteiger partial charge in [-0.15, -0.1) is 24.0 Å². The minimum Gasteiger partial charge on any atom is -0.357 e. The molecule has 0 saturated heterocycles. The minimum atomic E-state index is 0. The smallest absolute Gasteiger partial charge is 0.246 e. The molecular formula is C19H21ClIN5O. The molecule has 0 aliphatic carbocycles. The lowest BCUT2D eigenvalue weighted by Gasteiger charge is -2.09. The van der Waals surface area contributed by atoms with E-state index in [1.165, 1.54) is 0 Å². The summed E-state index contributed by atoms with van der Waals surface area (Å²) < 4.78 is 5.30. The number of nitrogens with zero attached hydrogens (tertiary/aromatic N) is 3. The summed E-state index contributed by atoms with van der Waals surface area (Å²) in [6.45, 7) is 3.75. The molecule has 0 spiro atoms. The van der Waals surface area contributed by atoms with Crippen LogP contribution in [0, 0.1) is 0 Å². The van der Waals surface area contributed by atoms with Gasteiger partial charge in [-0.25, -0.2) is 4.99 Å². The van der Waals surface area contributed by atoms with E-state index >= 15 is 0 Å². The van der Waals surface area contributed by atoms with Gasteiger partial charge in [0.15, 0.2) is 5.96 Å². The molecule has 3 aromatic rings. The van der Waals surface area contributed by atoms with Gasteiger partial charge in [0.25, 0.3) is 0 Å². The Hall–Kier alpha value is -2.13. The number of hydrogen-bond donors (Lipinski definition) is 2. The van der Waals surface area contributed by atoms with Crippen molar-refractivity contribution in [1.82, 2.24) is 20.8 Å². The van der Waals surface area contributed by atoms with Crippen LogP contribution in [0.5, 0.6) is 0 Å². The Labute approximate surface area is 180 Å². The number of aliphatic imine (C=N–C) groups is 1. The molecule has 1 heterocycles. The molecule has 0 radical (unpaired) electrons. The molecule has 2 aromatic carbocycles. The van der Waals surface area contributed by atoms with Crippen LogP contribution in [0.2, 0.25) is 5.02 Å². The Morgan fingerprint density at radius 3 is 2.67 bits per heavy atom. The maximum Gasteiger partial charge on any atom is 0.246 e. The second-order valence-electron chi connectivity index (χ2n) is 5.56. The molecule has 0 amide bonds. The van der Waals surface area contributed by atoms with Gasteiger partial charge in [-0.3, -0.25) is 0 Å². The summed E-state index contributed by atoms with van der Waals surface area (Å²) in [6, 6.07) is 17.4. The second-order valence-corrected chi connectivity index (χ2v) is 5.99. The van der Waals surface area contributed by atoms with Crippen LogP contribution in [-0.2, 0) is 13.1 Å². The van der Waals surface area contributed by atoms with Crippen molar-refractivity contribution >= 4 is 41.5 Å². The fraction of sp³-hybridized carbons (Fsp3) is 0.211. The topological polar surface area (TPSA) is 75.3 Å². The van der Waals surface area contributed by atoms with Crippen LogP contribution in [0.1, 0.15) is 18.4 Å². The molecule has 0 saturated carbocycles. The summed E-state index contributed by atoms with van der Waals surface area (Å²) in [7, 11) is 0. The molecule has 0 fully saturated rings. The van der Waals surface area contributed by atoms with Crippen molar-refractivity contribution in [2.45, 2.75) is 20.0 Å². The first-order chi connectivity index (χ1) is 12.7. The number of nitrogens with one attached hydrogen (secondary N) is 2. The molecule has 27 heavy (non-hydrogen) atoms. The van der Waals surface area contributed by atoms with Crippen LogP contribution in [0.3, 0.4) is 0 Å². The summed E-state index contributed by atoms with van der Waals surface area (Å²) >= 11 is 6.00. The number of guanidine groups is 1. The maximum atomic E-state index is 6.00. The number of benzene rings is 2. The largest absolute Gasteiger partial charge is 0.357 e. The number of hydrogen-bond acceptors (Lipinski definition) is 4. The third kappa shape index (κ3) is 6.51. The third-order valence-electron chi connectivity index (χ3n) is 3.56. The van der Waals surface area contributed by atoms with Gasteiger partial charge in [-0.1, -0.05) is 59.2 Å². The van der Waals surface area contributed by atoms with Crippen molar-refractivity contribution in [3.05, 3.63) is 71.1 Å². The van der Waals surface area contributed by atoms with E-state index in [2.05, 4.69) is 25.8 Å². The van der Waals surface area contributed by atoms with Crippen LogP contribution >= 0.6 is 35.6 Å². The van der Waals surface area contributed by atoms with Crippen LogP contribution in [0.4, 0.5) is 0 Å². The zero-order chi connectivity index (χ0) is 18.2. The van der Waals surface area contributed by atoms with E-state index in [1.54, 1.807) is 12.1 Å². The average Bonchev–Trinajstić information content (AvgIpc) is 3.14. The molecular weight excluding hydrogens is 477 g/mol. The Bertz CT molecular complexity index is 869. The van der Waals surface area contributed by atoms with Gasteiger partial charge in [0.1, 0.15) is 0 Å². The van der Waals surface area contributed by atoms with E-state index < -0.39 is 0 Å². The monoisotopic (exact) mass is 497 g/mol. The van der Waals surface area contributed by atoms with Crippen molar-refractivity contribution in [3.63, 3.8) is 0 Å². The zero-order valence-corrected chi connectivity index (χ0v) is 17.9. The predicted octanol–water partition coefficient (Wildman–Crippen LogP) is 4.26. The summed E-state index contributed by atoms with van der Waals surface area (Å²) in [5.41, 5.74) is 1.96. The van der Waals surface area contributed by atoms with E-state index in [4.69, 9.17) is 16.1 Å². The molecule has 0 aliphatic rings. The predicted molar refractivity (Wildman–Crippen MR) is 118 cm³/mol. The van der Waals surface area contributed by atoms with Crippen LogP contribution in [0.15, 0.2) is 64.1 Å². The van der Waals surface area contributed by atoms with Crippen LogP contribution in [0.25, 0.3) is 11.4 Å². The van der Waals surface area contributed by atoms with Gasteiger partial charge in [-0.2, -0.15) is 4.98 Å². The first-order valence-corrected chi connectivity index (χ1v) is 8.77. The number of rotatable bonds is 6. The Balaban J connectivity index is 0.00000261. The molecule has 0 atom stereocenters. The lowest BCUT2D eigenvalue weighted by Crippen LogP contribution is -2.36. The molecule has 2 N–H and O–H groups in total. The third-order valence-corrected chi connectivity index (χ3v) is 3.80. The SMILES string of the molecule is CCNC(=NCc1ccccc1)NCc1nc(-c2cccc(Cl)c2)no1.I. The summed E-state index contributed by atoms with van der Waals surface area (Å²) in [6.07, 6.45) is 0. The standard InChI is InChI=1S/C19H20ClN5O.HI/c1-2-21-19(22-12-14-7-4-3-5-8-14)23-13-17-24-18(25-26-17)15-9-6-10-16(20)11-15;/h3-11H,2,12-13H2,1H3,(H2,21,22,23);1H. The molecule has 1 aromatic heterocycles. The van der Waals surface area contributed by atoms with E-state index in [0.717, 1.165) is 17.7 Å². The molecule has 0 unspecified atom stereocenters. The van der Waals surface area contributed by atoms with Gasteiger partial charge < -0.3 is 15.2 Å². The fourth-order valence-electron chi connectivity index (χ4n) is 2.33. The highest BCUT2D eigenvalue weighted by molar-refractivity contribution is 14.0. The van der Waals surface area contributed by atoms with Gasteiger partial charge in [0.05, 0.1) is 13.1 Å². The highest BCUT2D eigenvalue weighted by Crippen LogP contribution is 2.19. The van der Waals surface area contributed by atoms with Crippen molar-refractivity contribution in [1.29, 1.82) is 0 Å². The van der Waals surface area contributed by atoms with Gasteiger partial charge in [0, 0.05) is 17.1 Å². The zero-order valence-electron chi connectivity index (χ0n) is 14.9. The fourth-order valence-corrected chi connectivity index (χ4v) is 2.52. The normalized spacial score (nSPS) is 11.0. The Kier molecular flexibility index (Phi) is 8.53.